The highest BCUT2D eigenvalue weighted by atomic mass is 79.9. The molecule has 0 bridgehead atoms. The van der Waals surface area contributed by atoms with Crippen molar-refractivity contribution in [1.82, 2.24) is 9.88 Å². The maximum absolute atomic E-state index is 12.0. The van der Waals surface area contributed by atoms with Gasteiger partial charge in [-0.3, -0.25) is 4.79 Å². The molecule has 6 heteroatoms. The molecule has 1 N–H and O–H groups in total. The van der Waals surface area contributed by atoms with Crippen molar-refractivity contribution in [2.45, 2.75) is 25.7 Å². The second-order valence-corrected chi connectivity index (χ2v) is 6.37. The monoisotopic (exact) mass is 389 g/mol. The van der Waals surface area contributed by atoms with Gasteiger partial charge in [-0.15, -0.1) is 0 Å². The summed E-state index contributed by atoms with van der Waals surface area (Å²) in [7, 11) is 0. The number of aromatic nitrogens is 1. The smallest absolute Gasteiger partial charge is 0.224 e. The Hall–Kier alpha value is -0.620. The molecule has 0 aliphatic carbocycles. The first-order chi connectivity index (χ1) is 9.16. The molecule has 1 saturated heterocycles. The van der Waals surface area contributed by atoms with E-state index in [9.17, 15) is 4.79 Å². The van der Waals surface area contributed by atoms with Crippen LogP contribution in [0.2, 0.25) is 0 Å². The molecule has 1 aliphatic heterocycles. The van der Waals surface area contributed by atoms with E-state index in [2.05, 4.69) is 42.2 Å². The number of nitrogens with one attached hydrogen (secondary N) is 1. The average Bonchev–Trinajstić information content (AvgIpc) is 2.42. The van der Waals surface area contributed by atoms with Gasteiger partial charge in [-0.25, -0.2) is 4.98 Å². The van der Waals surface area contributed by atoms with Gasteiger partial charge in [-0.1, -0.05) is 0 Å². The normalized spacial score (nSPS) is 15.4. The summed E-state index contributed by atoms with van der Waals surface area (Å²) < 4.78 is 1.82. The van der Waals surface area contributed by atoms with E-state index in [4.69, 9.17) is 0 Å². The standard InChI is InChI=1S/C13H17Br2N3O/c14-10-8-11(15)13(17-9-10)16-5-4-12(19)18-6-2-1-3-7-18/h8-9H,1-7H2,(H,16,17). The number of carbonyl (C=O) groups excluding carboxylic acids is 1. The lowest BCUT2D eigenvalue weighted by atomic mass is 10.1. The number of anilines is 1. The zero-order chi connectivity index (χ0) is 13.7. The van der Waals surface area contributed by atoms with Crippen LogP contribution < -0.4 is 5.32 Å². The van der Waals surface area contributed by atoms with E-state index in [0.717, 1.165) is 40.7 Å². The molecule has 4 nitrogen and oxygen atoms in total. The van der Waals surface area contributed by atoms with Gasteiger partial charge in [0, 0.05) is 36.7 Å². The lowest BCUT2D eigenvalue weighted by Gasteiger charge is -2.26. The second kappa shape index (κ2) is 7.24. The minimum absolute atomic E-state index is 0.237. The Morgan fingerprint density at radius 1 is 1.32 bits per heavy atom. The number of carbonyl (C=O) groups is 1. The zero-order valence-corrected chi connectivity index (χ0v) is 13.8. The van der Waals surface area contributed by atoms with E-state index in [1.165, 1.54) is 6.42 Å². The Labute approximate surface area is 130 Å². The van der Waals surface area contributed by atoms with Crippen LogP contribution in [0, 0.1) is 0 Å². The van der Waals surface area contributed by atoms with Crippen LogP contribution in [-0.4, -0.2) is 35.4 Å². The Kier molecular flexibility index (Phi) is 5.63. The second-order valence-electron chi connectivity index (χ2n) is 4.60. The third-order valence-corrected chi connectivity index (χ3v) is 4.19. The van der Waals surface area contributed by atoms with E-state index in [0.29, 0.717) is 13.0 Å². The Morgan fingerprint density at radius 2 is 2.05 bits per heavy atom. The first-order valence-corrected chi connectivity index (χ1v) is 8.08. The molecule has 0 spiro atoms. The first-order valence-electron chi connectivity index (χ1n) is 6.49. The van der Waals surface area contributed by atoms with Gasteiger partial charge in [0.2, 0.25) is 5.91 Å². The molecule has 0 atom stereocenters. The SMILES string of the molecule is O=C(CCNc1ncc(Br)cc1Br)N1CCCCC1. The molecule has 1 aromatic heterocycles. The van der Waals surface area contributed by atoms with Gasteiger partial charge in [0.25, 0.3) is 0 Å². The third kappa shape index (κ3) is 4.45. The van der Waals surface area contributed by atoms with Crippen molar-refractivity contribution in [3.63, 3.8) is 0 Å². The largest absolute Gasteiger partial charge is 0.369 e. The number of piperidine rings is 1. The number of nitrogens with zero attached hydrogens (tertiary/aromatic N) is 2. The Morgan fingerprint density at radius 3 is 2.74 bits per heavy atom. The molecule has 0 saturated carbocycles. The van der Waals surface area contributed by atoms with Gasteiger partial charge < -0.3 is 10.2 Å². The molecule has 19 heavy (non-hydrogen) atoms. The number of hydrogen-bond donors (Lipinski definition) is 1. The number of rotatable bonds is 4. The molecule has 1 amide bonds. The predicted molar refractivity (Wildman–Crippen MR) is 83.2 cm³/mol. The summed E-state index contributed by atoms with van der Waals surface area (Å²) in [5.41, 5.74) is 0. The van der Waals surface area contributed by atoms with Crippen LogP contribution in [-0.2, 0) is 4.79 Å². The molecule has 2 heterocycles. The van der Waals surface area contributed by atoms with Crippen molar-refractivity contribution >= 4 is 43.6 Å². The fourth-order valence-electron chi connectivity index (χ4n) is 2.13. The molecule has 0 unspecified atom stereocenters. The molecule has 104 valence electrons. The maximum atomic E-state index is 12.0. The number of amides is 1. The summed E-state index contributed by atoms with van der Waals surface area (Å²) in [6, 6.07) is 1.93. The molecular weight excluding hydrogens is 374 g/mol. The Bertz CT molecular complexity index is 448. The molecular formula is C13H17Br2N3O. The van der Waals surface area contributed by atoms with Crippen LogP contribution in [0.5, 0.6) is 0 Å². The number of pyridine rings is 1. The van der Waals surface area contributed by atoms with Gasteiger partial charge in [0.15, 0.2) is 0 Å². The molecule has 1 aromatic rings. The highest BCUT2D eigenvalue weighted by Crippen LogP contribution is 2.23. The summed E-state index contributed by atoms with van der Waals surface area (Å²) in [5.74, 6) is 1.01. The van der Waals surface area contributed by atoms with Gasteiger partial charge in [-0.05, 0) is 57.2 Å². The number of halogens is 2. The number of hydrogen-bond acceptors (Lipinski definition) is 3. The lowest BCUT2D eigenvalue weighted by molar-refractivity contribution is -0.131. The van der Waals surface area contributed by atoms with Gasteiger partial charge in [0.1, 0.15) is 5.82 Å². The average molecular weight is 391 g/mol. The van der Waals surface area contributed by atoms with E-state index in [-0.39, 0.29) is 5.91 Å². The molecule has 2 rings (SSSR count). The fourth-order valence-corrected chi connectivity index (χ4v) is 3.26. The van der Waals surface area contributed by atoms with Crippen LogP contribution in [0.15, 0.2) is 21.2 Å². The van der Waals surface area contributed by atoms with Crippen LogP contribution in [0.25, 0.3) is 0 Å². The summed E-state index contributed by atoms with van der Waals surface area (Å²) in [6.45, 7) is 2.45. The minimum atomic E-state index is 0.237. The van der Waals surface area contributed by atoms with Crippen molar-refractivity contribution in [3.05, 3.63) is 21.2 Å². The van der Waals surface area contributed by atoms with Crippen molar-refractivity contribution < 1.29 is 4.79 Å². The van der Waals surface area contributed by atoms with Crippen LogP contribution in [0.1, 0.15) is 25.7 Å². The molecule has 1 fully saturated rings. The fraction of sp³-hybridized carbons (Fsp3) is 0.538. The summed E-state index contributed by atoms with van der Waals surface area (Å²) in [6.07, 6.45) is 5.78. The van der Waals surface area contributed by atoms with Crippen molar-refractivity contribution in [2.75, 3.05) is 25.0 Å². The van der Waals surface area contributed by atoms with Gasteiger partial charge >= 0.3 is 0 Å². The maximum Gasteiger partial charge on any atom is 0.224 e. The van der Waals surface area contributed by atoms with Gasteiger partial charge in [-0.2, -0.15) is 0 Å². The van der Waals surface area contributed by atoms with Crippen molar-refractivity contribution in [1.29, 1.82) is 0 Å². The topological polar surface area (TPSA) is 45.2 Å². The summed E-state index contributed by atoms with van der Waals surface area (Å²) in [5, 5.41) is 3.18. The van der Waals surface area contributed by atoms with Gasteiger partial charge in [0.05, 0.1) is 4.47 Å². The molecule has 1 aliphatic rings. The Balaban J connectivity index is 1.78. The van der Waals surface area contributed by atoms with E-state index in [1.807, 2.05) is 11.0 Å². The minimum Gasteiger partial charge on any atom is -0.369 e. The van der Waals surface area contributed by atoms with Crippen molar-refractivity contribution in [2.24, 2.45) is 0 Å². The van der Waals surface area contributed by atoms with E-state index >= 15 is 0 Å². The van der Waals surface area contributed by atoms with E-state index in [1.54, 1.807) is 6.20 Å². The predicted octanol–water partition coefficient (Wildman–Crippen LogP) is 3.42. The lowest BCUT2D eigenvalue weighted by Crippen LogP contribution is -2.36. The van der Waals surface area contributed by atoms with Crippen molar-refractivity contribution in [3.8, 4) is 0 Å². The highest BCUT2D eigenvalue weighted by molar-refractivity contribution is 9.11. The van der Waals surface area contributed by atoms with Crippen LogP contribution in [0.3, 0.4) is 0 Å². The first kappa shape index (κ1) is 14.8. The summed E-state index contributed by atoms with van der Waals surface area (Å²) >= 11 is 6.80. The quantitative estimate of drug-likeness (QED) is 0.856. The molecule has 0 radical (unpaired) electrons. The van der Waals surface area contributed by atoms with Crippen LogP contribution >= 0.6 is 31.9 Å². The molecule has 0 aromatic carbocycles. The van der Waals surface area contributed by atoms with E-state index < -0.39 is 0 Å². The van der Waals surface area contributed by atoms with Crippen LogP contribution in [0.4, 0.5) is 5.82 Å². The summed E-state index contributed by atoms with van der Waals surface area (Å²) in [4.78, 5) is 18.2. The highest BCUT2D eigenvalue weighted by Gasteiger charge is 2.15. The number of likely N-dealkylation sites (tertiary alicyclic amines) is 1. The zero-order valence-electron chi connectivity index (χ0n) is 10.7. The third-order valence-electron chi connectivity index (χ3n) is 3.15.